The molecule has 28 heavy (non-hydrogen) atoms. The molecule has 1 aromatic heterocycles. The molecule has 0 radical (unpaired) electrons. The van der Waals surface area contributed by atoms with Crippen LogP contribution in [0.2, 0.25) is 0 Å². The summed E-state index contributed by atoms with van der Waals surface area (Å²) in [6, 6.07) is 9.79. The van der Waals surface area contributed by atoms with E-state index in [1.165, 1.54) is 0 Å². The van der Waals surface area contributed by atoms with Gasteiger partial charge in [-0.3, -0.25) is 0 Å². The minimum atomic E-state index is -0.105. The molecule has 2 heterocycles. The number of hydrogen-bond donors (Lipinski definition) is 2. The number of guanidine groups is 1. The summed E-state index contributed by atoms with van der Waals surface area (Å²) in [5.74, 6) is 1.62. The van der Waals surface area contributed by atoms with E-state index < -0.39 is 0 Å². The smallest absolute Gasteiger partial charge is 0.191 e. The van der Waals surface area contributed by atoms with Gasteiger partial charge in [0.05, 0.1) is 30.6 Å². The second kappa shape index (κ2) is 10.7. The molecule has 1 atom stereocenters. The molecule has 1 fully saturated rings. The number of halogens is 1. The third-order valence-corrected chi connectivity index (χ3v) is 4.65. The Bertz CT molecular complexity index is 754. The molecular formula is C20H30IN5O2. The van der Waals surface area contributed by atoms with Crippen molar-refractivity contribution < 1.29 is 9.47 Å². The molecule has 0 bridgehead atoms. The van der Waals surface area contributed by atoms with Crippen LogP contribution in [0.3, 0.4) is 0 Å². The molecule has 0 spiro atoms. The normalized spacial score (nSPS) is 19.2. The van der Waals surface area contributed by atoms with Crippen molar-refractivity contribution in [3.63, 3.8) is 0 Å². The Morgan fingerprint density at radius 1 is 1.29 bits per heavy atom. The van der Waals surface area contributed by atoms with E-state index in [0.29, 0.717) is 6.54 Å². The van der Waals surface area contributed by atoms with Crippen molar-refractivity contribution in [2.75, 3.05) is 26.8 Å². The molecule has 1 aromatic carbocycles. The zero-order valence-electron chi connectivity index (χ0n) is 16.8. The first-order valence-electron chi connectivity index (χ1n) is 9.47. The number of hydrogen-bond acceptors (Lipinski definition) is 4. The summed E-state index contributed by atoms with van der Waals surface area (Å²) in [4.78, 5) is 4.65. The van der Waals surface area contributed by atoms with Crippen LogP contribution in [0.15, 0.2) is 41.5 Å². The van der Waals surface area contributed by atoms with Crippen LogP contribution in [0.5, 0.6) is 5.75 Å². The van der Waals surface area contributed by atoms with E-state index in [-0.39, 0.29) is 29.6 Å². The summed E-state index contributed by atoms with van der Waals surface area (Å²) in [5.41, 5.74) is 1.79. The van der Waals surface area contributed by atoms with Crippen LogP contribution in [0.1, 0.15) is 32.4 Å². The lowest BCUT2D eigenvalue weighted by Crippen LogP contribution is -2.45. The molecular weight excluding hydrogens is 469 g/mol. The van der Waals surface area contributed by atoms with Crippen LogP contribution in [-0.2, 0) is 11.3 Å². The first kappa shape index (κ1) is 22.5. The topological polar surface area (TPSA) is 72.7 Å². The number of methoxy groups -OCH3 is 1. The van der Waals surface area contributed by atoms with Crippen LogP contribution in [0.4, 0.5) is 0 Å². The van der Waals surface area contributed by atoms with Crippen molar-refractivity contribution in [3.8, 4) is 11.4 Å². The van der Waals surface area contributed by atoms with Gasteiger partial charge >= 0.3 is 0 Å². The fourth-order valence-corrected chi connectivity index (χ4v) is 3.07. The molecule has 154 valence electrons. The average Bonchev–Trinajstić information content (AvgIpc) is 3.34. The molecule has 0 saturated carbocycles. The van der Waals surface area contributed by atoms with Gasteiger partial charge in [-0.1, -0.05) is 0 Å². The monoisotopic (exact) mass is 499 g/mol. The molecule has 3 rings (SSSR count). The van der Waals surface area contributed by atoms with Gasteiger partial charge in [0, 0.05) is 25.9 Å². The van der Waals surface area contributed by atoms with Crippen molar-refractivity contribution in [1.29, 1.82) is 0 Å². The van der Waals surface area contributed by atoms with Gasteiger partial charge in [0.1, 0.15) is 5.75 Å². The Morgan fingerprint density at radius 2 is 2.07 bits per heavy atom. The van der Waals surface area contributed by atoms with Crippen molar-refractivity contribution in [2.45, 2.75) is 38.8 Å². The minimum Gasteiger partial charge on any atom is -0.497 e. The van der Waals surface area contributed by atoms with Crippen LogP contribution >= 0.6 is 24.0 Å². The first-order valence-corrected chi connectivity index (χ1v) is 9.47. The molecule has 7 nitrogen and oxygen atoms in total. The van der Waals surface area contributed by atoms with Crippen molar-refractivity contribution >= 4 is 29.9 Å². The molecule has 2 aromatic rings. The Hall–Kier alpha value is -1.81. The lowest BCUT2D eigenvalue weighted by molar-refractivity contribution is 0.0243. The average molecular weight is 499 g/mol. The lowest BCUT2D eigenvalue weighted by atomic mass is 10.0. The maximum atomic E-state index is 5.83. The predicted molar refractivity (Wildman–Crippen MR) is 122 cm³/mol. The van der Waals surface area contributed by atoms with Gasteiger partial charge in [0.2, 0.25) is 0 Å². The van der Waals surface area contributed by atoms with Gasteiger partial charge in [-0.15, -0.1) is 24.0 Å². The zero-order valence-corrected chi connectivity index (χ0v) is 19.1. The summed E-state index contributed by atoms with van der Waals surface area (Å²) in [6.07, 6.45) is 4.14. The third kappa shape index (κ3) is 6.10. The van der Waals surface area contributed by atoms with Crippen LogP contribution in [0, 0.1) is 0 Å². The van der Waals surface area contributed by atoms with Gasteiger partial charge in [0.25, 0.3) is 0 Å². The van der Waals surface area contributed by atoms with Crippen LogP contribution in [-0.4, -0.2) is 48.1 Å². The Labute approximate surface area is 183 Å². The van der Waals surface area contributed by atoms with Gasteiger partial charge in [-0.05, 0) is 57.0 Å². The first-order chi connectivity index (χ1) is 13.1. The molecule has 1 aliphatic rings. The van der Waals surface area contributed by atoms with E-state index in [1.54, 1.807) is 7.11 Å². The standard InChI is InChI=1S/C20H29N5O2.HI/c1-4-21-19(23-15-20(2)11-5-13-27-20)22-14-16-10-12-25(24-16)17-6-8-18(26-3)9-7-17;/h6-10,12H,4-5,11,13-15H2,1-3H3,(H2,21,22,23);1H. The van der Waals surface area contributed by atoms with E-state index in [1.807, 2.05) is 41.2 Å². The number of nitrogens with zero attached hydrogens (tertiary/aromatic N) is 3. The van der Waals surface area contributed by atoms with Crippen molar-refractivity contribution in [3.05, 3.63) is 42.2 Å². The summed E-state index contributed by atoms with van der Waals surface area (Å²) < 4.78 is 12.9. The van der Waals surface area contributed by atoms with Gasteiger partial charge in [-0.2, -0.15) is 5.10 Å². The summed E-state index contributed by atoms with van der Waals surface area (Å²) >= 11 is 0. The second-order valence-electron chi connectivity index (χ2n) is 6.90. The highest BCUT2D eigenvalue weighted by molar-refractivity contribution is 14.0. The van der Waals surface area contributed by atoms with E-state index in [9.17, 15) is 0 Å². The maximum Gasteiger partial charge on any atom is 0.191 e. The number of ether oxygens (including phenoxy) is 2. The molecule has 1 unspecified atom stereocenters. The number of benzene rings is 1. The molecule has 1 aliphatic heterocycles. The van der Waals surface area contributed by atoms with E-state index in [4.69, 9.17) is 9.47 Å². The van der Waals surface area contributed by atoms with E-state index >= 15 is 0 Å². The molecule has 2 N–H and O–H groups in total. The summed E-state index contributed by atoms with van der Waals surface area (Å²) in [6.45, 7) is 7.12. The van der Waals surface area contributed by atoms with E-state index in [2.05, 4.69) is 34.6 Å². The van der Waals surface area contributed by atoms with Gasteiger partial charge in [0.15, 0.2) is 5.96 Å². The fourth-order valence-electron chi connectivity index (χ4n) is 3.07. The largest absolute Gasteiger partial charge is 0.497 e. The van der Waals surface area contributed by atoms with E-state index in [0.717, 1.165) is 55.6 Å². The third-order valence-electron chi connectivity index (χ3n) is 4.65. The fraction of sp³-hybridized carbons (Fsp3) is 0.500. The second-order valence-corrected chi connectivity index (χ2v) is 6.90. The lowest BCUT2D eigenvalue weighted by Gasteiger charge is -2.24. The minimum absolute atomic E-state index is 0. The van der Waals surface area contributed by atoms with Crippen molar-refractivity contribution in [1.82, 2.24) is 20.4 Å². The van der Waals surface area contributed by atoms with Gasteiger partial charge < -0.3 is 20.1 Å². The Balaban J connectivity index is 0.00000280. The highest BCUT2D eigenvalue weighted by atomic mass is 127. The number of aliphatic imine (C=N–C) groups is 1. The molecule has 0 aliphatic carbocycles. The van der Waals surface area contributed by atoms with Gasteiger partial charge in [-0.25, -0.2) is 9.67 Å². The molecule has 0 amide bonds. The molecule has 8 heteroatoms. The number of nitrogens with one attached hydrogen (secondary N) is 2. The molecule has 1 saturated heterocycles. The van der Waals surface area contributed by atoms with Crippen LogP contribution in [0.25, 0.3) is 5.69 Å². The zero-order chi connectivity index (χ0) is 19.1. The summed E-state index contributed by atoms with van der Waals surface area (Å²) in [7, 11) is 1.66. The Kier molecular flexibility index (Phi) is 8.56. The Morgan fingerprint density at radius 3 is 2.71 bits per heavy atom. The predicted octanol–water partition coefficient (Wildman–Crippen LogP) is 3.12. The highest BCUT2D eigenvalue weighted by Crippen LogP contribution is 2.23. The SMILES string of the molecule is CCNC(=NCc1ccn(-c2ccc(OC)cc2)n1)NCC1(C)CCCO1.I. The number of rotatable bonds is 7. The van der Waals surface area contributed by atoms with Crippen LogP contribution < -0.4 is 15.4 Å². The maximum absolute atomic E-state index is 5.83. The quantitative estimate of drug-likeness (QED) is 0.348. The highest BCUT2D eigenvalue weighted by Gasteiger charge is 2.29. The van der Waals surface area contributed by atoms with Crippen molar-refractivity contribution in [2.24, 2.45) is 4.99 Å². The summed E-state index contributed by atoms with van der Waals surface area (Å²) in [5, 5.41) is 11.3. The number of aromatic nitrogens is 2.